The first kappa shape index (κ1) is 23.6. The maximum atomic E-state index is 13.5. The smallest absolute Gasteiger partial charge is 0.258 e. The summed E-state index contributed by atoms with van der Waals surface area (Å²) in [6.07, 6.45) is 4.90. The van der Waals surface area contributed by atoms with Gasteiger partial charge in [0.15, 0.2) is 0 Å². The lowest BCUT2D eigenvalue weighted by atomic mass is 9.96. The lowest BCUT2D eigenvalue weighted by Gasteiger charge is -2.35. The number of aliphatic hydroxyl groups is 1. The molecule has 1 aromatic heterocycles. The first-order chi connectivity index (χ1) is 17.1. The first-order valence-electron chi connectivity index (χ1n) is 12.7. The molecule has 0 unspecified atom stereocenters. The molecule has 2 fully saturated rings. The molecule has 2 aliphatic heterocycles. The van der Waals surface area contributed by atoms with E-state index >= 15 is 0 Å². The fraction of sp³-hybridized carbons (Fsp3) is 0.429. The van der Waals surface area contributed by atoms with E-state index in [1.807, 2.05) is 65.7 Å². The van der Waals surface area contributed by atoms with Crippen LogP contribution in [-0.4, -0.2) is 77.6 Å². The Labute approximate surface area is 206 Å². The SMILES string of the molecule is O=C(CN(C(=O)c1ccc2cc[nH]c2c1)c1ccccc1)N1CCC(CN2CC[C@@H](CO)C2)CC1. The van der Waals surface area contributed by atoms with Crippen LogP contribution in [0.5, 0.6) is 0 Å². The Balaban J connectivity index is 1.23. The summed E-state index contributed by atoms with van der Waals surface area (Å²) in [7, 11) is 0. The molecule has 0 aliphatic carbocycles. The van der Waals surface area contributed by atoms with E-state index in [1.54, 1.807) is 4.90 Å². The van der Waals surface area contributed by atoms with E-state index in [0.29, 0.717) is 17.4 Å². The zero-order valence-corrected chi connectivity index (χ0v) is 20.1. The summed E-state index contributed by atoms with van der Waals surface area (Å²) in [6.45, 7) is 4.86. The van der Waals surface area contributed by atoms with Crippen molar-refractivity contribution < 1.29 is 14.7 Å². The minimum atomic E-state index is -0.177. The van der Waals surface area contributed by atoms with Gasteiger partial charge in [-0.05, 0) is 73.4 Å². The number of nitrogens with one attached hydrogen (secondary N) is 1. The van der Waals surface area contributed by atoms with Crippen molar-refractivity contribution in [2.24, 2.45) is 11.8 Å². The third-order valence-corrected chi connectivity index (χ3v) is 7.52. The summed E-state index contributed by atoms with van der Waals surface area (Å²) in [5.41, 5.74) is 2.18. The van der Waals surface area contributed by atoms with Gasteiger partial charge in [-0.1, -0.05) is 24.3 Å². The van der Waals surface area contributed by atoms with Gasteiger partial charge in [-0.3, -0.25) is 14.5 Å². The number of likely N-dealkylation sites (tertiary alicyclic amines) is 2. The number of para-hydroxylation sites is 1. The van der Waals surface area contributed by atoms with Gasteiger partial charge in [-0.15, -0.1) is 0 Å². The van der Waals surface area contributed by atoms with Gasteiger partial charge in [-0.2, -0.15) is 0 Å². The Bertz CT molecular complexity index is 1150. The molecule has 184 valence electrons. The average molecular weight is 475 g/mol. The first-order valence-corrected chi connectivity index (χ1v) is 12.7. The number of carbonyl (C=O) groups is 2. The number of hydrogen-bond donors (Lipinski definition) is 2. The van der Waals surface area contributed by atoms with Crippen LogP contribution in [0.4, 0.5) is 5.69 Å². The number of piperidine rings is 1. The second-order valence-corrected chi connectivity index (χ2v) is 9.93. The Morgan fingerprint density at radius 2 is 1.74 bits per heavy atom. The predicted molar refractivity (Wildman–Crippen MR) is 137 cm³/mol. The lowest BCUT2D eigenvalue weighted by molar-refractivity contribution is -0.131. The number of rotatable bonds is 7. The number of aromatic amines is 1. The highest BCUT2D eigenvalue weighted by Crippen LogP contribution is 2.24. The molecule has 0 spiro atoms. The molecule has 0 saturated carbocycles. The van der Waals surface area contributed by atoms with Gasteiger partial charge in [0.05, 0.1) is 0 Å². The third kappa shape index (κ3) is 5.41. The van der Waals surface area contributed by atoms with Crippen molar-refractivity contribution in [3.63, 3.8) is 0 Å². The number of carbonyl (C=O) groups excluding carboxylic acids is 2. The highest BCUT2D eigenvalue weighted by Gasteiger charge is 2.29. The second-order valence-electron chi connectivity index (χ2n) is 9.93. The number of hydrogen-bond acceptors (Lipinski definition) is 4. The van der Waals surface area contributed by atoms with Crippen LogP contribution in [0.2, 0.25) is 0 Å². The molecule has 1 atom stereocenters. The number of benzene rings is 2. The molecule has 2 N–H and O–H groups in total. The zero-order chi connectivity index (χ0) is 24.2. The van der Waals surface area contributed by atoms with Gasteiger partial charge in [0.25, 0.3) is 5.91 Å². The van der Waals surface area contributed by atoms with E-state index in [4.69, 9.17) is 0 Å². The second kappa shape index (κ2) is 10.6. The van der Waals surface area contributed by atoms with Crippen LogP contribution in [0.25, 0.3) is 10.9 Å². The monoisotopic (exact) mass is 474 g/mol. The standard InChI is InChI=1S/C28H34N4O3/c33-20-22-9-13-30(18-22)17-21-10-14-31(15-11-21)27(34)19-32(25-4-2-1-3-5-25)28(35)24-7-6-23-8-12-29-26(23)16-24/h1-8,12,16,21-22,29,33H,9-11,13-15,17-20H2/t22-/m1/s1. The van der Waals surface area contributed by atoms with E-state index in [9.17, 15) is 14.7 Å². The van der Waals surface area contributed by atoms with Crippen LogP contribution in [0, 0.1) is 11.8 Å². The molecule has 2 aromatic carbocycles. The number of amides is 2. The van der Waals surface area contributed by atoms with Crippen molar-refractivity contribution in [2.75, 3.05) is 50.8 Å². The molecule has 7 heteroatoms. The van der Waals surface area contributed by atoms with Gasteiger partial charge in [0.2, 0.25) is 5.91 Å². The summed E-state index contributed by atoms with van der Waals surface area (Å²) in [6, 6.07) is 17.0. The molecule has 3 heterocycles. The van der Waals surface area contributed by atoms with Crippen molar-refractivity contribution in [3.8, 4) is 0 Å². The van der Waals surface area contributed by atoms with E-state index in [0.717, 1.165) is 68.6 Å². The molecule has 3 aromatic rings. The van der Waals surface area contributed by atoms with Crippen LogP contribution in [0.15, 0.2) is 60.8 Å². The van der Waals surface area contributed by atoms with Crippen molar-refractivity contribution in [3.05, 3.63) is 66.4 Å². The normalized spacial score (nSPS) is 19.3. The fourth-order valence-corrected chi connectivity index (χ4v) is 5.42. The summed E-state index contributed by atoms with van der Waals surface area (Å²) < 4.78 is 0. The van der Waals surface area contributed by atoms with Crippen molar-refractivity contribution in [2.45, 2.75) is 19.3 Å². The number of aromatic nitrogens is 1. The lowest BCUT2D eigenvalue weighted by Crippen LogP contribution is -2.47. The molecule has 7 nitrogen and oxygen atoms in total. The molecule has 35 heavy (non-hydrogen) atoms. The van der Waals surface area contributed by atoms with E-state index in [-0.39, 0.29) is 25.0 Å². The molecule has 0 bridgehead atoms. The highest BCUT2D eigenvalue weighted by molar-refractivity contribution is 6.10. The largest absolute Gasteiger partial charge is 0.396 e. The number of anilines is 1. The van der Waals surface area contributed by atoms with Crippen molar-refractivity contribution in [1.29, 1.82) is 0 Å². The van der Waals surface area contributed by atoms with Crippen LogP contribution >= 0.6 is 0 Å². The Morgan fingerprint density at radius 3 is 2.49 bits per heavy atom. The van der Waals surface area contributed by atoms with Crippen LogP contribution in [-0.2, 0) is 4.79 Å². The van der Waals surface area contributed by atoms with E-state index in [1.165, 1.54) is 0 Å². The van der Waals surface area contributed by atoms with Gasteiger partial charge >= 0.3 is 0 Å². The van der Waals surface area contributed by atoms with Crippen molar-refractivity contribution in [1.82, 2.24) is 14.8 Å². The summed E-state index contributed by atoms with van der Waals surface area (Å²) in [4.78, 5) is 36.0. The van der Waals surface area contributed by atoms with Gasteiger partial charge < -0.3 is 19.9 Å². The summed E-state index contributed by atoms with van der Waals surface area (Å²) >= 11 is 0. The summed E-state index contributed by atoms with van der Waals surface area (Å²) in [5, 5.41) is 10.4. The molecule has 0 radical (unpaired) electrons. The number of aliphatic hydroxyl groups excluding tert-OH is 1. The Hall–Kier alpha value is -3.16. The van der Waals surface area contributed by atoms with Crippen LogP contribution in [0.1, 0.15) is 29.6 Å². The van der Waals surface area contributed by atoms with Gasteiger partial charge in [-0.25, -0.2) is 0 Å². The van der Waals surface area contributed by atoms with Crippen LogP contribution in [0.3, 0.4) is 0 Å². The number of H-pyrrole nitrogens is 1. The maximum Gasteiger partial charge on any atom is 0.258 e. The Morgan fingerprint density at radius 1 is 0.971 bits per heavy atom. The third-order valence-electron chi connectivity index (χ3n) is 7.52. The Kier molecular flexibility index (Phi) is 7.16. The fourth-order valence-electron chi connectivity index (χ4n) is 5.42. The van der Waals surface area contributed by atoms with E-state index < -0.39 is 0 Å². The molecular weight excluding hydrogens is 440 g/mol. The number of nitrogens with zero attached hydrogens (tertiary/aromatic N) is 3. The molecule has 2 saturated heterocycles. The zero-order valence-electron chi connectivity index (χ0n) is 20.1. The quantitative estimate of drug-likeness (QED) is 0.550. The molecular formula is C28H34N4O3. The number of fused-ring (bicyclic) bond motifs is 1. The molecule has 5 rings (SSSR count). The van der Waals surface area contributed by atoms with E-state index in [2.05, 4.69) is 9.88 Å². The summed E-state index contributed by atoms with van der Waals surface area (Å²) in [5.74, 6) is 0.804. The average Bonchev–Trinajstić information content (AvgIpc) is 3.56. The van der Waals surface area contributed by atoms with Crippen molar-refractivity contribution >= 4 is 28.4 Å². The minimum Gasteiger partial charge on any atom is -0.396 e. The highest BCUT2D eigenvalue weighted by atomic mass is 16.3. The van der Waals surface area contributed by atoms with Crippen LogP contribution < -0.4 is 4.90 Å². The molecule has 2 amide bonds. The maximum absolute atomic E-state index is 13.5. The minimum absolute atomic E-state index is 0.0110. The topological polar surface area (TPSA) is 79.9 Å². The predicted octanol–water partition coefficient (Wildman–Crippen LogP) is 3.37. The van der Waals surface area contributed by atoms with Gasteiger partial charge in [0.1, 0.15) is 6.54 Å². The molecule has 2 aliphatic rings. The van der Waals surface area contributed by atoms with Gasteiger partial charge in [0, 0.05) is 55.8 Å².